The van der Waals surface area contributed by atoms with Crippen LogP contribution in [-0.4, -0.2) is 61.1 Å². The molecule has 0 aromatic heterocycles. The fourth-order valence-corrected chi connectivity index (χ4v) is 2.39. The summed E-state index contributed by atoms with van der Waals surface area (Å²) in [6, 6.07) is -0.556. The van der Waals surface area contributed by atoms with Crippen molar-refractivity contribution in [3.05, 3.63) is 0 Å². The van der Waals surface area contributed by atoms with Crippen LogP contribution in [0.5, 0.6) is 0 Å². The minimum atomic E-state index is -3.38. The number of aliphatic hydroxyl groups excluding tert-OH is 1. The Kier molecular flexibility index (Phi) is 3.53. The van der Waals surface area contributed by atoms with Gasteiger partial charge in [0.25, 0.3) is 0 Å². The van der Waals surface area contributed by atoms with Gasteiger partial charge in [0.1, 0.15) is 0 Å². The number of amides is 1. The number of nitrogens with zero attached hydrogens (tertiary/aromatic N) is 1. The number of aliphatic hydroxyl groups is 1. The summed E-state index contributed by atoms with van der Waals surface area (Å²) in [5.41, 5.74) is 0. The molecule has 1 rings (SSSR count). The van der Waals surface area contributed by atoms with E-state index in [4.69, 9.17) is 5.11 Å². The van der Waals surface area contributed by atoms with Crippen LogP contribution in [0, 0.1) is 0 Å². The predicted octanol–water partition coefficient (Wildman–Crippen LogP) is -1.35. The monoisotopic (exact) mass is 238 g/mol. The van der Waals surface area contributed by atoms with Gasteiger partial charge in [-0.25, -0.2) is 17.9 Å². The largest absolute Gasteiger partial charge is 0.465 e. The summed E-state index contributed by atoms with van der Waals surface area (Å²) >= 11 is 0. The number of sulfonamides is 1. The molecule has 1 heterocycles. The van der Waals surface area contributed by atoms with Gasteiger partial charge in [0.2, 0.25) is 10.0 Å². The van der Waals surface area contributed by atoms with E-state index in [9.17, 15) is 18.3 Å². The second-order valence-corrected chi connectivity index (χ2v) is 5.44. The van der Waals surface area contributed by atoms with E-state index in [1.165, 1.54) is 0 Å². The zero-order valence-electron chi connectivity index (χ0n) is 8.25. The van der Waals surface area contributed by atoms with Crippen molar-refractivity contribution < 1.29 is 23.4 Å². The smallest absolute Gasteiger partial charge is 0.407 e. The number of nitrogens with one attached hydrogen (secondary N) is 1. The van der Waals surface area contributed by atoms with Gasteiger partial charge in [-0.1, -0.05) is 0 Å². The topological polar surface area (TPSA) is 107 Å². The highest BCUT2D eigenvalue weighted by molar-refractivity contribution is 7.88. The first kappa shape index (κ1) is 12.2. The van der Waals surface area contributed by atoms with E-state index in [1.54, 1.807) is 0 Å². The predicted molar refractivity (Wildman–Crippen MR) is 52.0 cm³/mol. The number of likely N-dealkylation sites (tertiary alicyclic amines) is 1. The third-order valence-electron chi connectivity index (χ3n) is 2.08. The van der Waals surface area contributed by atoms with E-state index in [0.717, 1.165) is 11.2 Å². The molecule has 0 aromatic carbocycles. The summed E-state index contributed by atoms with van der Waals surface area (Å²) in [7, 11) is -3.38. The van der Waals surface area contributed by atoms with Crippen molar-refractivity contribution >= 4 is 16.1 Å². The van der Waals surface area contributed by atoms with Gasteiger partial charge in [-0.15, -0.1) is 0 Å². The average Bonchev–Trinajstić information content (AvgIpc) is 1.99. The Morgan fingerprint density at radius 2 is 2.07 bits per heavy atom. The minimum absolute atomic E-state index is 0.0251. The van der Waals surface area contributed by atoms with Crippen LogP contribution in [0.1, 0.15) is 6.42 Å². The third-order valence-corrected chi connectivity index (χ3v) is 2.84. The third kappa shape index (κ3) is 4.02. The van der Waals surface area contributed by atoms with Crippen molar-refractivity contribution in [1.29, 1.82) is 0 Å². The van der Waals surface area contributed by atoms with Crippen LogP contribution in [0.15, 0.2) is 0 Å². The van der Waals surface area contributed by atoms with Crippen LogP contribution < -0.4 is 4.72 Å². The molecule has 0 saturated carbocycles. The molecule has 0 aromatic rings. The maximum atomic E-state index is 10.9. The Bertz CT molecular complexity index is 341. The van der Waals surface area contributed by atoms with Gasteiger partial charge in [0.05, 0.1) is 18.9 Å². The van der Waals surface area contributed by atoms with Crippen molar-refractivity contribution in [1.82, 2.24) is 9.62 Å². The quantitative estimate of drug-likeness (QED) is 0.551. The molecule has 1 aliphatic rings. The van der Waals surface area contributed by atoms with E-state index in [2.05, 4.69) is 4.72 Å². The summed E-state index contributed by atoms with van der Waals surface area (Å²) in [4.78, 5) is 11.6. The molecule has 0 aliphatic carbocycles. The average molecular weight is 238 g/mol. The van der Waals surface area contributed by atoms with Gasteiger partial charge < -0.3 is 15.1 Å². The maximum absolute atomic E-state index is 10.9. The molecule has 1 aliphatic heterocycles. The Labute approximate surface area is 87.7 Å². The molecule has 0 bridgehead atoms. The Morgan fingerprint density at radius 3 is 2.53 bits per heavy atom. The lowest BCUT2D eigenvalue weighted by Gasteiger charge is -2.33. The first-order chi connectivity index (χ1) is 6.78. The van der Waals surface area contributed by atoms with E-state index in [-0.39, 0.29) is 19.5 Å². The number of rotatable bonds is 2. The first-order valence-corrected chi connectivity index (χ1v) is 6.30. The van der Waals surface area contributed by atoms with E-state index < -0.39 is 28.3 Å². The highest BCUT2D eigenvalue weighted by Gasteiger charge is 2.30. The summed E-state index contributed by atoms with van der Waals surface area (Å²) in [6.07, 6.45) is -0.751. The molecule has 0 unspecified atom stereocenters. The Hall–Kier alpha value is -0.860. The Morgan fingerprint density at radius 1 is 1.47 bits per heavy atom. The molecule has 15 heavy (non-hydrogen) atoms. The van der Waals surface area contributed by atoms with Crippen molar-refractivity contribution in [3.63, 3.8) is 0 Å². The molecule has 1 amide bonds. The number of hydrogen-bond acceptors (Lipinski definition) is 4. The molecule has 1 saturated heterocycles. The number of β-amino-alcohol motifs (C(OH)–C–C–N with tert-alkyl or cyclic N) is 1. The number of hydrogen-bond donors (Lipinski definition) is 3. The zero-order valence-corrected chi connectivity index (χ0v) is 9.07. The molecule has 2 atom stereocenters. The van der Waals surface area contributed by atoms with Crippen molar-refractivity contribution in [2.45, 2.75) is 18.6 Å². The van der Waals surface area contributed by atoms with E-state index in [0.29, 0.717) is 0 Å². The van der Waals surface area contributed by atoms with Gasteiger partial charge in [-0.05, 0) is 6.42 Å². The van der Waals surface area contributed by atoms with Crippen LogP contribution in [0.25, 0.3) is 0 Å². The summed E-state index contributed by atoms with van der Waals surface area (Å²) in [5, 5.41) is 18.1. The number of carboxylic acid groups (broad SMARTS) is 1. The van der Waals surface area contributed by atoms with E-state index in [1.807, 2.05) is 0 Å². The molecular weight excluding hydrogens is 224 g/mol. The lowest BCUT2D eigenvalue weighted by Crippen LogP contribution is -2.53. The molecule has 1 fully saturated rings. The minimum Gasteiger partial charge on any atom is -0.465 e. The van der Waals surface area contributed by atoms with Crippen LogP contribution in [0.2, 0.25) is 0 Å². The normalized spacial score (nSPS) is 27.7. The highest BCUT2D eigenvalue weighted by atomic mass is 32.2. The van der Waals surface area contributed by atoms with Gasteiger partial charge >= 0.3 is 6.09 Å². The van der Waals surface area contributed by atoms with E-state index >= 15 is 0 Å². The number of piperidine rings is 1. The highest BCUT2D eigenvalue weighted by Crippen LogP contribution is 2.11. The van der Waals surface area contributed by atoms with Crippen LogP contribution in [-0.2, 0) is 10.0 Å². The molecule has 3 N–H and O–H groups in total. The second-order valence-electron chi connectivity index (χ2n) is 3.66. The van der Waals surface area contributed by atoms with Crippen molar-refractivity contribution in [3.8, 4) is 0 Å². The number of carbonyl (C=O) groups is 1. The SMILES string of the molecule is CS(=O)(=O)N[C@H]1C[C@H](O)CN(C(=O)O)C1. The molecule has 7 nitrogen and oxygen atoms in total. The summed E-state index contributed by atoms with van der Waals surface area (Å²) in [6.45, 7) is 0.0940. The molecule has 88 valence electrons. The molecular formula is C7H14N2O5S. The van der Waals surface area contributed by atoms with Gasteiger partial charge in [0.15, 0.2) is 0 Å². The Balaban J connectivity index is 2.63. The lowest BCUT2D eigenvalue weighted by molar-refractivity contribution is 0.0548. The van der Waals surface area contributed by atoms with Gasteiger partial charge in [0, 0.05) is 12.6 Å². The fourth-order valence-electron chi connectivity index (χ4n) is 1.62. The second kappa shape index (κ2) is 4.33. The standard InChI is InChI=1S/C7H14N2O5S/c1-15(13,14)8-5-2-6(10)4-9(3-5)7(11)12/h5-6,8,10H,2-4H2,1H3,(H,11,12)/t5-,6-/m0/s1. The van der Waals surface area contributed by atoms with Crippen LogP contribution >= 0.6 is 0 Å². The fraction of sp³-hybridized carbons (Fsp3) is 0.857. The molecule has 0 spiro atoms. The van der Waals surface area contributed by atoms with Crippen molar-refractivity contribution in [2.75, 3.05) is 19.3 Å². The summed E-state index contributed by atoms with van der Waals surface area (Å²) < 4.78 is 24.1. The first-order valence-electron chi connectivity index (χ1n) is 4.41. The molecule has 8 heteroatoms. The lowest BCUT2D eigenvalue weighted by atomic mass is 10.0. The van der Waals surface area contributed by atoms with Crippen LogP contribution in [0.4, 0.5) is 4.79 Å². The molecule has 0 radical (unpaired) electrons. The van der Waals surface area contributed by atoms with Crippen LogP contribution in [0.3, 0.4) is 0 Å². The summed E-state index contributed by atoms with van der Waals surface area (Å²) in [5.74, 6) is 0. The maximum Gasteiger partial charge on any atom is 0.407 e. The van der Waals surface area contributed by atoms with Gasteiger partial charge in [-0.2, -0.15) is 0 Å². The zero-order chi connectivity index (χ0) is 11.6. The van der Waals surface area contributed by atoms with Gasteiger partial charge in [-0.3, -0.25) is 0 Å². The van der Waals surface area contributed by atoms with Crippen molar-refractivity contribution in [2.24, 2.45) is 0 Å².